The Morgan fingerprint density at radius 2 is 1.84 bits per heavy atom. The molecule has 2 amide bonds. The maximum atomic E-state index is 12.7. The number of benzene rings is 1. The topological polar surface area (TPSA) is 103 Å². The quantitative estimate of drug-likeness (QED) is 0.710. The van der Waals surface area contributed by atoms with Crippen LogP contribution < -0.4 is 25.8 Å². The van der Waals surface area contributed by atoms with Crippen LogP contribution >= 0.6 is 12.4 Å². The molecule has 1 aliphatic carbocycles. The molecule has 0 bridgehead atoms. The minimum absolute atomic E-state index is 0. The highest BCUT2D eigenvalue weighted by Crippen LogP contribution is 2.37. The van der Waals surface area contributed by atoms with Crippen molar-refractivity contribution < 1.29 is 19.1 Å². The Labute approximate surface area is 154 Å². The SMILES string of the molecule is COc1cc(C(=O)NC2(CN)CCCC2)cc(NC(C)=O)c1OC.Cl. The Morgan fingerprint density at radius 1 is 1.20 bits per heavy atom. The molecule has 0 saturated heterocycles. The molecule has 2 rings (SSSR count). The minimum Gasteiger partial charge on any atom is -0.493 e. The zero-order chi connectivity index (χ0) is 17.7. The monoisotopic (exact) mass is 371 g/mol. The number of amides is 2. The van der Waals surface area contributed by atoms with E-state index in [-0.39, 0.29) is 29.8 Å². The summed E-state index contributed by atoms with van der Waals surface area (Å²) in [6, 6.07) is 3.18. The maximum absolute atomic E-state index is 12.7. The zero-order valence-corrected chi connectivity index (χ0v) is 15.6. The summed E-state index contributed by atoms with van der Waals surface area (Å²) in [5.74, 6) is 0.248. The lowest BCUT2D eigenvalue weighted by Crippen LogP contribution is -2.51. The summed E-state index contributed by atoms with van der Waals surface area (Å²) in [5, 5.41) is 5.72. The van der Waals surface area contributed by atoms with Crippen LogP contribution in [0.25, 0.3) is 0 Å². The largest absolute Gasteiger partial charge is 0.493 e. The number of rotatable bonds is 6. The average Bonchev–Trinajstić information content (AvgIpc) is 3.02. The number of hydrogen-bond acceptors (Lipinski definition) is 5. The third kappa shape index (κ3) is 4.76. The van der Waals surface area contributed by atoms with Gasteiger partial charge < -0.3 is 25.8 Å². The van der Waals surface area contributed by atoms with E-state index in [2.05, 4.69) is 10.6 Å². The molecule has 0 unspecified atom stereocenters. The van der Waals surface area contributed by atoms with Gasteiger partial charge in [0.05, 0.1) is 25.4 Å². The average molecular weight is 372 g/mol. The first-order valence-corrected chi connectivity index (χ1v) is 8.01. The molecular formula is C17H26ClN3O4. The van der Waals surface area contributed by atoms with Crippen LogP contribution in [0, 0.1) is 0 Å². The number of ether oxygens (including phenoxy) is 2. The van der Waals surface area contributed by atoms with Crippen LogP contribution in [0.5, 0.6) is 11.5 Å². The molecule has 7 nitrogen and oxygen atoms in total. The van der Waals surface area contributed by atoms with Crippen molar-refractivity contribution in [3.8, 4) is 11.5 Å². The second-order valence-corrected chi connectivity index (χ2v) is 6.09. The second kappa shape index (κ2) is 8.92. The fourth-order valence-corrected chi connectivity index (χ4v) is 3.12. The predicted molar refractivity (Wildman–Crippen MR) is 98.8 cm³/mol. The zero-order valence-electron chi connectivity index (χ0n) is 14.8. The first-order chi connectivity index (χ1) is 11.4. The lowest BCUT2D eigenvalue weighted by molar-refractivity contribution is -0.114. The van der Waals surface area contributed by atoms with E-state index >= 15 is 0 Å². The Kier molecular flexibility index (Phi) is 7.51. The molecule has 0 aliphatic heterocycles. The first kappa shape index (κ1) is 21.1. The van der Waals surface area contributed by atoms with Gasteiger partial charge in [-0.3, -0.25) is 9.59 Å². The van der Waals surface area contributed by atoms with Crippen molar-refractivity contribution in [3.63, 3.8) is 0 Å². The molecule has 1 aromatic rings. The minimum atomic E-state index is -0.349. The standard InChI is InChI=1S/C17H25N3O4.ClH/c1-11(21)19-13-8-12(9-14(23-2)15(13)24-3)16(22)20-17(10-18)6-4-5-7-17;/h8-9H,4-7,10,18H2,1-3H3,(H,19,21)(H,20,22);1H. The van der Waals surface area contributed by atoms with Gasteiger partial charge in [0.2, 0.25) is 5.91 Å². The Hall–Kier alpha value is -1.99. The van der Waals surface area contributed by atoms with E-state index in [0.717, 1.165) is 25.7 Å². The van der Waals surface area contributed by atoms with Crippen molar-refractivity contribution in [2.24, 2.45) is 5.73 Å². The molecule has 1 saturated carbocycles. The van der Waals surface area contributed by atoms with Crippen molar-refractivity contribution in [2.45, 2.75) is 38.1 Å². The highest BCUT2D eigenvalue weighted by atomic mass is 35.5. The molecule has 140 valence electrons. The molecule has 25 heavy (non-hydrogen) atoms. The lowest BCUT2D eigenvalue weighted by Gasteiger charge is -2.29. The lowest BCUT2D eigenvalue weighted by atomic mass is 9.97. The summed E-state index contributed by atoms with van der Waals surface area (Å²) in [5.41, 5.74) is 6.30. The predicted octanol–water partition coefficient (Wildman–Crippen LogP) is 2.09. The molecule has 1 aliphatic rings. The summed E-state index contributed by atoms with van der Waals surface area (Å²) < 4.78 is 10.6. The van der Waals surface area contributed by atoms with Crippen LogP contribution in [-0.4, -0.2) is 38.1 Å². The van der Waals surface area contributed by atoms with Gasteiger partial charge in [0.15, 0.2) is 11.5 Å². The number of nitrogens with two attached hydrogens (primary N) is 1. The highest BCUT2D eigenvalue weighted by Gasteiger charge is 2.34. The number of carbonyl (C=O) groups excluding carboxylic acids is 2. The summed E-state index contributed by atoms with van der Waals surface area (Å²) in [6.45, 7) is 1.80. The van der Waals surface area contributed by atoms with E-state index in [1.807, 2.05) is 0 Å². The van der Waals surface area contributed by atoms with E-state index in [1.165, 1.54) is 21.1 Å². The smallest absolute Gasteiger partial charge is 0.251 e. The maximum Gasteiger partial charge on any atom is 0.251 e. The number of hydrogen-bond donors (Lipinski definition) is 3. The number of carbonyl (C=O) groups is 2. The van der Waals surface area contributed by atoms with Gasteiger partial charge in [-0.05, 0) is 25.0 Å². The fourth-order valence-electron chi connectivity index (χ4n) is 3.12. The Morgan fingerprint density at radius 3 is 2.32 bits per heavy atom. The number of halogens is 1. The molecule has 0 aromatic heterocycles. The van der Waals surface area contributed by atoms with Crippen molar-refractivity contribution in [1.82, 2.24) is 5.32 Å². The van der Waals surface area contributed by atoms with Gasteiger partial charge in [-0.2, -0.15) is 0 Å². The number of methoxy groups -OCH3 is 2. The van der Waals surface area contributed by atoms with Crippen molar-refractivity contribution >= 4 is 29.9 Å². The van der Waals surface area contributed by atoms with Crippen molar-refractivity contribution in [2.75, 3.05) is 26.1 Å². The second-order valence-electron chi connectivity index (χ2n) is 6.09. The summed E-state index contributed by atoms with van der Waals surface area (Å²) >= 11 is 0. The molecule has 1 fully saturated rings. The normalized spacial score (nSPS) is 15.0. The van der Waals surface area contributed by atoms with E-state index in [4.69, 9.17) is 15.2 Å². The van der Waals surface area contributed by atoms with Gasteiger partial charge in [-0.25, -0.2) is 0 Å². The molecular weight excluding hydrogens is 346 g/mol. The molecule has 8 heteroatoms. The van der Waals surface area contributed by atoms with E-state index in [1.54, 1.807) is 12.1 Å². The first-order valence-electron chi connectivity index (χ1n) is 8.01. The molecule has 4 N–H and O–H groups in total. The summed E-state index contributed by atoms with van der Waals surface area (Å²) in [4.78, 5) is 24.1. The van der Waals surface area contributed by atoms with Crippen molar-refractivity contribution in [1.29, 1.82) is 0 Å². The van der Waals surface area contributed by atoms with Crippen LogP contribution in [0.2, 0.25) is 0 Å². The third-order valence-electron chi connectivity index (χ3n) is 4.38. The third-order valence-corrected chi connectivity index (χ3v) is 4.38. The van der Waals surface area contributed by atoms with Crippen molar-refractivity contribution in [3.05, 3.63) is 17.7 Å². The molecule has 1 aromatic carbocycles. The van der Waals surface area contributed by atoms with Gasteiger partial charge in [-0.1, -0.05) is 12.8 Å². The van der Waals surface area contributed by atoms with Gasteiger partial charge >= 0.3 is 0 Å². The van der Waals surface area contributed by atoms with Gasteiger partial charge in [-0.15, -0.1) is 12.4 Å². The van der Waals surface area contributed by atoms with Crippen LogP contribution in [0.1, 0.15) is 43.0 Å². The van der Waals surface area contributed by atoms with E-state index in [9.17, 15) is 9.59 Å². The number of anilines is 1. The van der Waals surface area contributed by atoms with Crippen LogP contribution in [0.4, 0.5) is 5.69 Å². The van der Waals surface area contributed by atoms with Gasteiger partial charge in [0.25, 0.3) is 5.91 Å². The van der Waals surface area contributed by atoms with E-state index < -0.39 is 0 Å². The molecule has 0 spiro atoms. The van der Waals surface area contributed by atoms with Gasteiger partial charge in [0.1, 0.15) is 0 Å². The highest BCUT2D eigenvalue weighted by molar-refractivity contribution is 5.99. The Bertz CT molecular complexity index is 631. The fraction of sp³-hybridized carbons (Fsp3) is 0.529. The van der Waals surface area contributed by atoms with E-state index in [0.29, 0.717) is 29.3 Å². The van der Waals surface area contributed by atoms with Crippen LogP contribution in [0.15, 0.2) is 12.1 Å². The van der Waals surface area contributed by atoms with Crippen LogP contribution in [-0.2, 0) is 4.79 Å². The van der Waals surface area contributed by atoms with Crippen LogP contribution in [0.3, 0.4) is 0 Å². The Balaban J connectivity index is 0.00000312. The molecule has 0 radical (unpaired) electrons. The molecule has 0 heterocycles. The number of nitrogens with one attached hydrogen (secondary N) is 2. The summed E-state index contributed by atoms with van der Waals surface area (Å²) in [6.07, 6.45) is 3.86. The molecule has 0 atom stereocenters. The van der Waals surface area contributed by atoms with Gasteiger partial charge in [0, 0.05) is 19.0 Å². The summed E-state index contributed by atoms with van der Waals surface area (Å²) in [7, 11) is 2.96.